The Morgan fingerprint density at radius 2 is 2.33 bits per heavy atom. The first-order valence-electron chi connectivity index (χ1n) is 5.57. The van der Waals surface area contributed by atoms with Gasteiger partial charge in [0.1, 0.15) is 0 Å². The second kappa shape index (κ2) is 6.99. The van der Waals surface area contributed by atoms with E-state index in [0.717, 1.165) is 13.0 Å². The smallest absolute Gasteiger partial charge is 0.0561 e. The fourth-order valence-electron chi connectivity index (χ4n) is 1.54. The Hall–Kier alpha value is -0.380. The van der Waals surface area contributed by atoms with Crippen LogP contribution in [0.2, 0.25) is 0 Å². The Labute approximate surface area is 96.7 Å². The van der Waals surface area contributed by atoms with Gasteiger partial charge < -0.3 is 10.1 Å². The Kier molecular flexibility index (Phi) is 5.91. The summed E-state index contributed by atoms with van der Waals surface area (Å²) in [4.78, 5) is 1.41. The summed E-state index contributed by atoms with van der Waals surface area (Å²) in [6.07, 6.45) is 2.52. The fraction of sp³-hybridized carbons (Fsp3) is 0.667. The predicted molar refractivity (Wildman–Crippen MR) is 66.4 cm³/mol. The molecule has 1 aromatic rings. The predicted octanol–water partition coefficient (Wildman–Crippen LogP) is 3.21. The maximum Gasteiger partial charge on any atom is 0.0561 e. The van der Waals surface area contributed by atoms with Crippen LogP contribution < -0.4 is 5.32 Å². The first kappa shape index (κ1) is 12.7. The van der Waals surface area contributed by atoms with Crippen LogP contribution in [0.4, 0.5) is 0 Å². The largest absolute Gasteiger partial charge is 0.382 e. The van der Waals surface area contributed by atoms with E-state index in [9.17, 15) is 0 Å². The third-order valence-electron chi connectivity index (χ3n) is 2.50. The minimum atomic E-state index is 0.307. The van der Waals surface area contributed by atoms with Gasteiger partial charge in [-0.25, -0.2) is 0 Å². The highest BCUT2D eigenvalue weighted by Crippen LogP contribution is 2.23. The van der Waals surface area contributed by atoms with Gasteiger partial charge in [-0.2, -0.15) is 0 Å². The molecule has 2 nitrogen and oxygen atoms in total. The summed E-state index contributed by atoms with van der Waals surface area (Å²) in [5.41, 5.74) is 0. The maximum absolute atomic E-state index is 5.32. The molecule has 0 bridgehead atoms. The van der Waals surface area contributed by atoms with Crippen LogP contribution in [0.1, 0.15) is 37.6 Å². The van der Waals surface area contributed by atoms with Crippen molar-refractivity contribution in [2.24, 2.45) is 0 Å². The van der Waals surface area contributed by atoms with Gasteiger partial charge in [0.25, 0.3) is 0 Å². The lowest BCUT2D eigenvalue weighted by molar-refractivity contribution is 0.101. The molecule has 3 heteroatoms. The standard InChI is InChI=1S/C12H21NOS/c1-4-7-13-11(9-10(2)14-3)12-6-5-8-15-12/h5-6,8,10-11,13H,4,7,9H2,1-3H3. The van der Waals surface area contributed by atoms with Crippen LogP contribution in [0, 0.1) is 0 Å². The molecule has 15 heavy (non-hydrogen) atoms. The molecule has 0 spiro atoms. The molecular weight excluding hydrogens is 206 g/mol. The molecule has 1 aromatic heterocycles. The molecule has 0 aliphatic carbocycles. The summed E-state index contributed by atoms with van der Waals surface area (Å²) in [7, 11) is 1.77. The molecule has 0 radical (unpaired) electrons. The van der Waals surface area contributed by atoms with Gasteiger partial charge in [-0.1, -0.05) is 13.0 Å². The monoisotopic (exact) mass is 227 g/mol. The quantitative estimate of drug-likeness (QED) is 0.772. The Balaban J connectivity index is 2.53. The van der Waals surface area contributed by atoms with Crippen molar-refractivity contribution in [2.45, 2.75) is 38.8 Å². The summed E-state index contributed by atoms with van der Waals surface area (Å²) < 4.78 is 5.32. The Morgan fingerprint density at radius 3 is 2.87 bits per heavy atom. The van der Waals surface area contributed by atoms with Crippen LogP contribution in [0.15, 0.2) is 17.5 Å². The SMILES string of the molecule is CCCNC(CC(C)OC)c1cccs1. The first-order valence-corrected chi connectivity index (χ1v) is 6.45. The summed E-state index contributed by atoms with van der Waals surface area (Å²) >= 11 is 1.82. The number of methoxy groups -OCH3 is 1. The van der Waals surface area contributed by atoms with Crippen LogP contribution >= 0.6 is 11.3 Å². The topological polar surface area (TPSA) is 21.3 Å². The number of hydrogen-bond donors (Lipinski definition) is 1. The second-order valence-corrected chi connectivity index (χ2v) is 4.78. The molecule has 0 aromatic carbocycles. The maximum atomic E-state index is 5.32. The average Bonchev–Trinajstić information content (AvgIpc) is 2.77. The van der Waals surface area contributed by atoms with Gasteiger partial charge in [-0.3, -0.25) is 0 Å². The van der Waals surface area contributed by atoms with Gasteiger partial charge in [0.05, 0.1) is 6.10 Å². The Bertz CT molecular complexity index is 248. The Morgan fingerprint density at radius 1 is 1.53 bits per heavy atom. The first-order chi connectivity index (χ1) is 7.27. The fourth-order valence-corrected chi connectivity index (χ4v) is 2.35. The van der Waals surface area contributed by atoms with E-state index >= 15 is 0 Å². The molecule has 0 aliphatic heterocycles. The number of hydrogen-bond acceptors (Lipinski definition) is 3. The highest BCUT2D eigenvalue weighted by atomic mass is 32.1. The van der Waals surface area contributed by atoms with Crippen molar-refractivity contribution in [1.29, 1.82) is 0 Å². The van der Waals surface area contributed by atoms with Crippen molar-refractivity contribution < 1.29 is 4.74 Å². The third kappa shape index (κ3) is 4.33. The summed E-state index contributed by atoms with van der Waals surface area (Å²) in [5.74, 6) is 0. The lowest BCUT2D eigenvalue weighted by atomic mass is 10.1. The molecule has 86 valence electrons. The van der Waals surface area contributed by atoms with E-state index in [1.54, 1.807) is 7.11 Å². The number of thiophene rings is 1. The van der Waals surface area contributed by atoms with E-state index in [2.05, 4.69) is 36.7 Å². The van der Waals surface area contributed by atoms with Crippen LogP contribution in [0.25, 0.3) is 0 Å². The van der Waals surface area contributed by atoms with Crippen LogP contribution in [0.3, 0.4) is 0 Å². The molecule has 0 amide bonds. The van der Waals surface area contributed by atoms with Crippen molar-refractivity contribution in [3.63, 3.8) is 0 Å². The highest BCUT2D eigenvalue weighted by molar-refractivity contribution is 7.10. The zero-order valence-electron chi connectivity index (χ0n) is 9.82. The normalized spacial score (nSPS) is 15.1. The van der Waals surface area contributed by atoms with Gasteiger partial charge in [-0.15, -0.1) is 11.3 Å². The van der Waals surface area contributed by atoms with Gasteiger partial charge in [0, 0.05) is 18.0 Å². The number of ether oxygens (including phenoxy) is 1. The van der Waals surface area contributed by atoms with Crippen molar-refractivity contribution in [3.05, 3.63) is 22.4 Å². The molecule has 0 fully saturated rings. The molecule has 2 atom stereocenters. The summed E-state index contributed by atoms with van der Waals surface area (Å²) in [6, 6.07) is 4.75. The van der Waals surface area contributed by atoms with Crippen molar-refractivity contribution in [1.82, 2.24) is 5.32 Å². The lowest BCUT2D eigenvalue weighted by Crippen LogP contribution is -2.25. The van der Waals surface area contributed by atoms with E-state index in [0.29, 0.717) is 12.1 Å². The van der Waals surface area contributed by atoms with Crippen molar-refractivity contribution >= 4 is 11.3 Å². The summed E-state index contributed by atoms with van der Waals surface area (Å²) in [5, 5.41) is 5.70. The number of rotatable bonds is 7. The highest BCUT2D eigenvalue weighted by Gasteiger charge is 2.14. The van der Waals surface area contributed by atoms with Gasteiger partial charge in [0.15, 0.2) is 0 Å². The van der Waals surface area contributed by atoms with E-state index in [1.165, 1.54) is 11.3 Å². The van der Waals surface area contributed by atoms with Gasteiger partial charge in [0.2, 0.25) is 0 Å². The van der Waals surface area contributed by atoms with Crippen LogP contribution in [-0.4, -0.2) is 19.8 Å². The third-order valence-corrected chi connectivity index (χ3v) is 3.48. The van der Waals surface area contributed by atoms with Gasteiger partial charge >= 0.3 is 0 Å². The van der Waals surface area contributed by atoms with Crippen molar-refractivity contribution in [3.8, 4) is 0 Å². The average molecular weight is 227 g/mol. The molecule has 0 aliphatic rings. The minimum Gasteiger partial charge on any atom is -0.382 e. The van der Waals surface area contributed by atoms with Crippen LogP contribution in [-0.2, 0) is 4.74 Å². The second-order valence-electron chi connectivity index (χ2n) is 3.80. The molecular formula is C12H21NOS. The van der Waals surface area contributed by atoms with Crippen molar-refractivity contribution in [2.75, 3.05) is 13.7 Å². The van der Waals surface area contributed by atoms with Gasteiger partial charge in [-0.05, 0) is 37.8 Å². The number of nitrogens with one attached hydrogen (secondary N) is 1. The molecule has 0 saturated carbocycles. The molecule has 1 N–H and O–H groups in total. The van der Waals surface area contributed by atoms with E-state index < -0.39 is 0 Å². The lowest BCUT2D eigenvalue weighted by Gasteiger charge is -2.20. The van der Waals surface area contributed by atoms with E-state index in [-0.39, 0.29) is 0 Å². The molecule has 2 unspecified atom stereocenters. The molecule has 0 saturated heterocycles. The van der Waals surface area contributed by atoms with Crippen LogP contribution in [0.5, 0.6) is 0 Å². The van der Waals surface area contributed by atoms with E-state index in [4.69, 9.17) is 4.74 Å². The summed E-state index contributed by atoms with van der Waals surface area (Å²) in [6.45, 7) is 5.38. The molecule has 1 rings (SSSR count). The van der Waals surface area contributed by atoms with E-state index in [1.807, 2.05) is 11.3 Å². The molecule has 1 heterocycles. The zero-order valence-corrected chi connectivity index (χ0v) is 10.6. The minimum absolute atomic E-state index is 0.307. The zero-order chi connectivity index (χ0) is 11.1.